The first-order chi connectivity index (χ1) is 19.7. The number of furan rings is 1. The Morgan fingerprint density at radius 3 is 1.90 bits per heavy atom. The van der Waals surface area contributed by atoms with Gasteiger partial charge in [-0.05, 0) is 91.9 Å². The molecule has 5 heteroatoms. The van der Waals surface area contributed by atoms with E-state index in [2.05, 4.69) is 89.5 Å². The van der Waals surface area contributed by atoms with Crippen LogP contribution >= 0.6 is 0 Å². The van der Waals surface area contributed by atoms with Gasteiger partial charge in [0.05, 0.1) is 26.5 Å². The Morgan fingerprint density at radius 2 is 1.32 bits per heavy atom. The lowest BCUT2D eigenvalue weighted by Gasteiger charge is -2.31. The fourth-order valence-corrected chi connectivity index (χ4v) is 5.28. The summed E-state index contributed by atoms with van der Waals surface area (Å²) >= 11 is 0. The van der Waals surface area contributed by atoms with Crippen molar-refractivity contribution in [2.75, 3.05) is 33.9 Å². The van der Waals surface area contributed by atoms with Gasteiger partial charge in [-0.2, -0.15) is 0 Å². The Bertz CT molecular complexity index is 1210. The molecular weight excluding hydrogens is 496 g/mol. The summed E-state index contributed by atoms with van der Waals surface area (Å²) in [5.41, 5.74) is 3.97. The molecule has 4 aromatic rings. The molecule has 3 aromatic carbocycles. The molecular formula is C35H44N2O3. The van der Waals surface area contributed by atoms with Gasteiger partial charge in [0.15, 0.2) is 0 Å². The fraction of sp³-hybridized carbons (Fsp3) is 0.371. The number of hydrogen-bond donors (Lipinski definition) is 0. The van der Waals surface area contributed by atoms with Crippen molar-refractivity contribution in [3.63, 3.8) is 0 Å². The maximum Gasteiger partial charge on any atom is 0.120 e. The molecule has 0 fully saturated rings. The van der Waals surface area contributed by atoms with Crippen molar-refractivity contribution in [2.24, 2.45) is 0 Å². The first-order valence-electron chi connectivity index (χ1n) is 14.5. The van der Waals surface area contributed by atoms with Crippen LogP contribution in [0.3, 0.4) is 0 Å². The van der Waals surface area contributed by atoms with Crippen LogP contribution in [0.25, 0.3) is 0 Å². The van der Waals surface area contributed by atoms with Crippen molar-refractivity contribution < 1.29 is 13.9 Å². The second-order valence-corrected chi connectivity index (χ2v) is 10.4. The summed E-state index contributed by atoms with van der Waals surface area (Å²) < 4.78 is 16.7. The highest BCUT2D eigenvalue weighted by Gasteiger charge is 2.23. The second kappa shape index (κ2) is 15.9. The largest absolute Gasteiger partial charge is 0.497 e. The SMILES string of the molecule is CCCN(Cc1ccc(OC)cc1)C(CCCN(CCc1ccccc1)Cc1ccc(OC)cc1)c1ccco1. The van der Waals surface area contributed by atoms with Crippen LogP contribution in [0.5, 0.6) is 11.5 Å². The fourth-order valence-electron chi connectivity index (χ4n) is 5.28. The summed E-state index contributed by atoms with van der Waals surface area (Å²) in [6.07, 6.45) is 6.05. The molecule has 0 N–H and O–H groups in total. The monoisotopic (exact) mass is 540 g/mol. The minimum Gasteiger partial charge on any atom is -0.497 e. The van der Waals surface area contributed by atoms with Gasteiger partial charge in [0.2, 0.25) is 0 Å². The van der Waals surface area contributed by atoms with Gasteiger partial charge in [-0.3, -0.25) is 9.80 Å². The summed E-state index contributed by atoms with van der Waals surface area (Å²) in [6.45, 7) is 7.12. The number of benzene rings is 3. The highest BCUT2D eigenvalue weighted by molar-refractivity contribution is 5.28. The molecule has 5 nitrogen and oxygen atoms in total. The van der Waals surface area contributed by atoms with Gasteiger partial charge in [-0.15, -0.1) is 0 Å². The zero-order chi connectivity index (χ0) is 28.0. The van der Waals surface area contributed by atoms with Gasteiger partial charge in [-0.1, -0.05) is 61.5 Å². The maximum absolute atomic E-state index is 5.99. The van der Waals surface area contributed by atoms with E-state index in [1.54, 1.807) is 20.5 Å². The topological polar surface area (TPSA) is 38.1 Å². The minimum atomic E-state index is 0.231. The lowest BCUT2D eigenvalue weighted by atomic mass is 10.0. The summed E-state index contributed by atoms with van der Waals surface area (Å²) in [6, 6.07) is 32.1. The summed E-state index contributed by atoms with van der Waals surface area (Å²) in [4.78, 5) is 5.15. The van der Waals surface area contributed by atoms with Crippen LogP contribution in [0.4, 0.5) is 0 Å². The molecule has 1 atom stereocenters. The summed E-state index contributed by atoms with van der Waals surface area (Å²) in [5.74, 6) is 2.84. The first kappa shape index (κ1) is 29.4. The number of rotatable bonds is 17. The van der Waals surface area contributed by atoms with E-state index in [0.717, 1.165) is 75.7 Å². The predicted molar refractivity (Wildman–Crippen MR) is 163 cm³/mol. The molecule has 0 radical (unpaired) electrons. The normalized spacial score (nSPS) is 12.1. The lowest BCUT2D eigenvalue weighted by Crippen LogP contribution is -2.31. The zero-order valence-electron chi connectivity index (χ0n) is 24.3. The van der Waals surface area contributed by atoms with Gasteiger partial charge < -0.3 is 13.9 Å². The van der Waals surface area contributed by atoms with E-state index in [-0.39, 0.29) is 6.04 Å². The highest BCUT2D eigenvalue weighted by atomic mass is 16.5. The Balaban J connectivity index is 1.44. The van der Waals surface area contributed by atoms with Crippen molar-refractivity contribution in [1.29, 1.82) is 0 Å². The third-order valence-corrected chi connectivity index (χ3v) is 7.44. The molecule has 1 unspecified atom stereocenters. The third kappa shape index (κ3) is 9.00. The molecule has 212 valence electrons. The van der Waals surface area contributed by atoms with Crippen LogP contribution in [0, 0.1) is 0 Å². The lowest BCUT2D eigenvalue weighted by molar-refractivity contribution is 0.147. The van der Waals surface area contributed by atoms with Crippen LogP contribution < -0.4 is 9.47 Å². The van der Waals surface area contributed by atoms with Gasteiger partial charge in [0.25, 0.3) is 0 Å². The van der Waals surface area contributed by atoms with E-state index < -0.39 is 0 Å². The molecule has 0 amide bonds. The summed E-state index contributed by atoms with van der Waals surface area (Å²) in [7, 11) is 3.43. The Hall–Kier alpha value is -3.54. The average molecular weight is 541 g/mol. The highest BCUT2D eigenvalue weighted by Crippen LogP contribution is 2.29. The number of ether oxygens (including phenoxy) is 2. The van der Waals surface area contributed by atoms with Gasteiger partial charge in [0, 0.05) is 19.6 Å². The molecule has 1 heterocycles. The minimum absolute atomic E-state index is 0.231. The Morgan fingerprint density at radius 1 is 0.675 bits per heavy atom. The number of hydrogen-bond acceptors (Lipinski definition) is 5. The average Bonchev–Trinajstić information content (AvgIpc) is 3.54. The molecule has 0 aliphatic rings. The van der Waals surface area contributed by atoms with Crippen LogP contribution in [0.1, 0.15) is 54.7 Å². The maximum atomic E-state index is 5.99. The molecule has 0 aliphatic heterocycles. The van der Waals surface area contributed by atoms with Gasteiger partial charge in [0.1, 0.15) is 17.3 Å². The Kier molecular flexibility index (Phi) is 11.7. The summed E-state index contributed by atoms with van der Waals surface area (Å²) in [5, 5.41) is 0. The molecule has 40 heavy (non-hydrogen) atoms. The molecule has 0 saturated heterocycles. The second-order valence-electron chi connectivity index (χ2n) is 10.4. The predicted octanol–water partition coefficient (Wildman–Crippen LogP) is 7.78. The molecule has 4 rings (SSSR count). The van der Waals surface area contributed by atoms with E-state index in [1.165, 1.54) is 16.7 Å². The third-order valence-electron chi connectivity index (χ3n) is 7.44. The smallest absolute Gasteiger partial charge is 0.120 e. The van der Waals surface area contributed by atoms with Crippen molar-refractivity contribution in [2.45, 2.75) is 51.7 Å². The Labute approximate surface area is 240 Å². The van der Waals surface area contributed by atoms with E-state index in [0.29, 0.717) is 0 Å². The molecule has 0 spiro atoms. The first-order valence-corrected chi connectivity index (χ1v) is 14.5. The molecule has 1 aromatic heterocycles. The molecule has 0 aliphatic carbocycles. The van der Waals surface area contributed by atoms with E-state index >= 15 is 0 Å². The van der Waals surface area contributed by atoms with Gasteiger partial charge in [-0.25, -0.2) is 0 Å². The van der Waals surface area contributed by atoms with Crippen LogP contribution in [0.2, 0.25) is 0 Å². The van der Waals surface area contributed by atoms with Crippen molar-refractivity contribution in [1.82, 2.24) is 9.80 Å². The number of nitrogens with zero attached hydrogens (tertiary/aromatic N) is 2. The standard InChI is InChI=1S/C35H44N2O3/c1-4-23-37(28-31-16-20-33(39-3)21-17-31)34(35-13-9-26-40-35)12-8-24-36(25-22-29-10-6-5-7-11-29)27-30-14-18-32(38-2)19-15-30/h5-7,9-11,13-21,26,34H,4,8,12,22-25,27-28H2,1-3H3. The van der Waals surface area contributed by atoms with Gasteiger partial charge >= 0.3 is 0 Å². The molecule has 0 bridgehead atoms. The number of methoxy groups -OCH3 is 2. The van der Waals surface area contributed by atoms with Crippen molar-refractivity contribution >= 4 is 0 Å². The quantitative estimate of drug-likeness (QED) is 0.137. The van der Waals surface area contributed by atoms with E-state index in [9.17, 15) is 0 Å². The van der Waals surface area contributed by atoms with E-state index in [4.69, 9.17) is 13.9 Å². The van der Waals surface area contributed by atoms with Crippen molar-refractivity contribution in [3.8, 4) is 11.5 Å². The molecule has 0 saturated carbocycles. The van der Waals surface area contributed by atoms with Crippen LogP contribution in [-0.4, -0.2) is 43.7 Å². The van der Waals surface area contributed by atoms with Crippen LogP contribution in [-0.2, 0) is 19.5 Å². The zero-order valence-corrected chi connectivity index (χ0v) is 24.3. The van der Waals surface area contributed by atoms with Crippen molar-refractivity contribution in [3.05, 3.63) is 120 Å². The van der Waals surface area contributed by atoms with E-state index in [1.807, 2.05) is 18.2 Å². The van der Waals surface area contributed by atoms with Crippen LogP contribution in [0.15, 0.2) is 102 Å².